The predicted octanol–water partition coefficient (Wildman–Crippen LogP) is 2.47. The maximum atomic E-state index is 10.7. The summed E-state index contributed by atoms with van der Waals surface area (Å²) in [7, 11) is 0. The quantitative estimate of drug-likeness (QED) is 0.617. The topological polar surface area (TPSA) is 86.3 Å². The Balaban J connectivity index is 3.01. The van der Waals surface area contributed by atoms with Crippen molar-refractivity contribution in [3.05, 3.63) is 54.5 Å². The van der Waals surface area contributed by atoms with Gasteiger partial charge in [-0.3, -0.25) is 20.2 Å². The Morgan fingerprint density at radius 1 is 1.24 bits per heavy atom. The number of nitrogens with zero attached hydrogens (tertiary/aromatic N) is 2. The average Bonchev–Trinajstić information content (AvgIpc) is 2.26. The summed E-state index contributed by atoms with van der Waals surface area (Å²) < 4.78 is 0.829. The summed E-state index contributed by atoms with van der Waals surface area (Å²) >= 11 is 3.24. The van der Waals surface area contributed by atoms with Gasteiger partial charge in [0, 0.05) is 21.2 Å². The Morgan fingerprint density at radius 3 is 2.18 bits per heavy atom. The van der Waals surface area contributed by atoms with Crippen LogP contribution in [-0.4, -0.2) is 22.4 Å². The van der Waals surface area contributed by atoms with Gasteiger partial charge in [-0.1, -0.05) is 28.1 Å². The summed E-state index contributed by atoms with van der Waals surface area (Å²) in [5.74, 6) is -0.715. The molecule has 0 N–H and O–H groups in total. The minimum Gasteiger partial charge on any atom is -0.265 e. The molecule has 1 aromatic carbocycles. The van der Waals surface area contributed by atoms with Gasteiger partial charge < -0.3 is 0 Å². The molecule has 1 aromatic rings. The summed E-state index contributed by atoms with van der Waals surface area (Å²) in [6, 6.07) is 5.78. The first kappa shape index (κ1) is 13.6. The average molecular weight is 303 g/mol. The maximum absolute atomic E-state index is 10.7. The standard InChI is InChI=1S/C10H11BrN2O4/c1-7(13(16)17)10(6-12(14)15)8-2-4-9(11)5-3-8/h2-5,7,10H,6H2,1H3. The van der Waals surface area contributed by atoms with Gasteiger partial charge in [0.15, 0.2) is 0 Å². The van der Waals surface area contributed by atoms with Gasteiger partial charge in [-0.25, -0.2) is 0 Å². The molecule has 1 rings (SSSR count). The van der Waals surface area contributed by atoms with E-state index in [1.165, 1.54) is 6.92 Å². The van der Waals surface area contributed by atoms with E-state index in [2.05, 4.69) is 15.9 Å². The zero-order valence-corrected chi connectivity index (χ0v) is 10.7. The normalized spacial score (nSPS) is 14.0. The molecule has 6 nitrogen and oxygen atoms in total. The first-order valence-electron chi connectivity index (χ1n) is 4.92. The Morgan fingerprint density at radius 2 is 1.76 bits per heavy atom. The molecule has 2 atom stereocenters. The molecule has 0 saturated heterocycles. The minimum absolute atomic E-state index is 0.441. The molecule has 0 aromatic heterocycles. The molecule has 0 spiro atoms. The number of halogens is 1. The third-order valence-electron chi connectivity index (χ3n) is 2.56. The summed E-state index contributed by atoms with van der Waals surface area (Å²) in [6.45, 7) is 0.944. The van der Waals surface area contributed by atoms with Crippen molar-refractivity contribution in [2.45, 2.75) is 18.9 Å². The zero-order valence-electron chi connectivity index (χ0n) is 9.08. The summed E-state index contributed by atoms with van der Waals surface area (Å²) in [5.41, 5.74) is 0.606. The summed E-state index contributed by atoms with van der Waals surface area (Å²) in [4.78, 5) is 20.3. The van der Waals surface area contributed by atoms with Crippen LogP contribution in [0.15, 0.2) is 28.7 Å². The van der Waals surface area contributed by atoms with E-state index in [-0.39, 0.29) is 0 Å². The van der Waals surface area contributed by atoms with E-state index < -0.39 is 28.4 Å². The number of nitro groups is 2. The third-order valence-corrected chi connectivity index (χ3v) is 3.09. The lowest BCUT2D eigenvalue weighted by molar-refractivity contribution is -0.543. The van der Waals surface area contributed by atoms with Crippen LogP contribution >= 0.6 is 15.9 Å². The number of benzene rings is 1. The lowest BCUT2D eigenvalue weighted by atomic mass is 9.93. The van der Waals surface area contributed by atoms with Gasteiger partial charge in [0.1, 0.15) is 5.92 Å². The van der Waals surface area contributed by atoms with Crippen molar-refractivity contribution in [1.29, 1.82) is 0 Å². The lowest BCUT2D eigenvalue weighted by Crippen LogP contribution is -2.29. The van der Waals surface area contributed by atoms with E-state index in [4.69, 9.17) is 0 Å². The highest BCUT2D eigenvalue weighted by Crippen LogP contribution is 2.23. The SMILES string of the molecule is CC(C(C[N+](=O)[O-])c1ccc(Br)cc1)[N+](=O)[O-]. The van der Waals surface area contributed by atoms with Crippen molar-refractivity contribution in [2.24, 2.45) is 0 Å². The Bertz CT molecular complexity index is 421. The van der Waals surface area contributed by atoms with Crippen LogP contribution < -0.4 is 0 Å². The summed E-state index contributed by atoms with van der Waals surface area (Å²) in [5, 5.41) is 21.3. The summed E-state index contributed by atoms with van der Waals surface area (Å²) in [6.07, 6.45) is 0. The Labute approximate surface area is 106 Å². The van der Waals surface area contributed by atoms with Gasteiger partial charge in [-0.15, -0.1) is 0 Å². The molecule has 0 aliphatic carbocycles. The molecule has 7 heteroatoms. The largest absolute Gasteiger partial charge is 0.265 e. The predicted molar refractivity (Wildman–Crippen MR) is 65.2 cm³/mol. The highest BCUT2D eigenvalue weighted by Gasteiger charge is 2.32. The van der Waals surface area contributed by atoms with E-state index in [1.54, 1.807) is 24.3 Å². The van der Waals surface area contributed by atoms with Crippen LogP contribution in [-0.2, 0) is 0 Å². The van der Waals surface area contributed by atoms with Crippen LogP contribution in [0, 0.1) is 20.2 Å². The van der Waals surface area contributed by atoms with E-state index in [0.717, 1.165) is 4.47 Å². The second kappa shape index (κ2) is 5.72. The monoisotopic (exact) mass is 302 g/mol. The van der Waals surface area contributed by atoms with E-state index in [9.17, 15) is 20.2 Å². The number of hydrogen-bond acceptors (Lipinski definition) is 4. The second-order valence-corrected chi connectivity index (χ2v) is 4.61. The highest BCUT2D eigenvalue weighted by atomic mass is 79.9. The van der Waals surface area contributed by atoms with Gasteiger partial charge in [0.25, 0.3) is 0 Å². The molecular weight excluding hydrogens is 292 g/mol. The van der Waals surface area contributed by atoms with Crippen molar-refractivity contribution in [2.75, 3.05) is 6.54 Å². The van der Waals surface area contributed by atoms with Crippen LogP contribution in [0.4, 0.5) is 0 Å². The van der Waals surface area contributed by atoms with Crippen molar-refractivity contribution < 1.29 is 9.85 Å². The molecule has 0 radical (unpaired) electrons. The fourth-order valence-corrected chi connectivity index (χ4v) is 1.82. The number of rotatable bonds is 5. The molecule has 17 heavy (non-hydrogen) atoms. The van der Waals surface area contributed by atoms with Crippen LogP contribution in [0.25, 0.3) is 0 Å². The van der Waals surface area contributed by atoms with Crippen LogP contribution in [0.3, 0.4) is 0 Å². The van der Waals surface area contributed by atoms with Crippen LogP contribution in [0.1, 0.15) is 18.4 Å². The second-order valence-electron chi connectivity index (χ2n) is 3.70. The molecule has 0 heterocycles. The fraction of sp³-hybridized carbons (Fsp3) is 0.400. The Kier molecular flexibility index (Phi) is 4.56. The van der Waals surface area contributed by atoms with Gasteiger partial charge in [-0.2, -0.15) is 0 Å². The highest BCUT2D eigenvalue weighted by molar-refractivity contribution is 9.10. The van der Waals surface area contributed by atoms with Gasteiger partial charge in [-0.05, 0) is 17.7 Å². The molecule has 92 valence electrons. The van der Waals surface area contributed by atoms with Gasteiger partial charge >= 0.3 is 0 Å². The van der Waals surface area contributed by atoms with Crippen LogP contribution in [0.5, 0.6) is 0 Å². The number of hydrogen-bond donors (Lipinski definition) is 0. The van der Waals surface area contributed by atoms with E-state index in [1.807, 2.05) is 0 Å². The molecular formula is C10H11BrN2O4. The molecule has 0 aliphatic rings. The van der Waals surface area contributed by atoms with Gasteiger partial charge in [0.05, 0.1) is 0 Å². The van der Waals surface area contributed by atoms with Crippen LogP contribution in [0.2, 0.25) is 0 Å². The molecule has 0 saturated carbocycles. The van der Waals surface area contributed by atoms with Crippen molar-refractivity contribution in [1.82, 2.24) is 0 Å². The lowest BCUT2D eigenvalue weighted by Gasteiger charge is -2.14. The van der Waals surface area contributed by atoms with E-state index >= 15 is 0 Å². The Hall–Kier alpha value is -1.50. The van der Waals surface area contributed by atoms with Crippen molar-refractivity contribution in [3.8, 4) is 0 Å². The minimum atomic E-state index is -0.985. The van der Waals surface area contributed by atoms with Crippen molar-refractivity contribution in [3.63, 3.8) is 0 Å². The fourth-order valence-electron chi connectivity index (χ4n) is 1.55. The molecule has 0 aliphatic heterocycles. The third kappa shape index (κ3) is 3.77. The van der Waals surface area contributed by atoms with E-state index in [0.29, 0.717) is 5.56 Å². The maximum Gasteiger partial charge on any atom is 0.223 e. The first-order chi connectivity index (χ1) is 7.91. The molecule has 0 bridgehead atoms. The zero-order chi connectivity index (χ0) is 13.0. The van der Waals surface area contributed by atoms with Crippen molar-refractivity contribution >= 4 is 15.9 Å². The molecule has 0 fully saturated rings. The first-order valence-corrected chi connectivity index (χ1v) is 5.72. The smallest absolute Gasteiger partial charge is 0.223 e. The molecule has 0 amide bonds. The van der Waals surface area contributed by atoms with Gasteiger partial charge in [0.2, 0.25) is 12.6 Å². The molecule has 2 unspecified atom stereocenters.